The van der Waals surface area contributed by atoms with Crippen molar-refractivity contribution < 1.29 is 39.8 Å². The summed E-state index contributed by atoms with van der Waals surface area (Å²) in [5.74, 6) is -0.189. The predicted molar refractivity (Wildman–Crippen MR) is 340 cm³/mol. The number of hydrogen-bond acceptors (Lipinski definition) is 8. The van der Waals surface area contributed by atoms with E-state index >= 15 is 0 Å². The van der Waals surface area contributed by atoms with Gasteiger partial charge in [-0.3, -0.25) is 4.79 Å². The molecule has 7 unspecified atom stereocenters. The van der Waals surface area contributed by atoms with Crippen molar-refractivity contribution in [3.63, 3.8) is 0 Å². The van der Waals surface area contributed by atoms with Gasteiger partial charge in [0.25, 0.3) is 0 Å². The first-order valence-electron chi connectivity index (χ1n) is 32.8. The molecular weight excluding hydrogens is 995 g/mol. The fourth-order valence-electron chi connectivity index (χ4n) is 9.66. The maximum absolute atomic E-state index is 13.1. The summed E-state index contributed by atoms with van der Waals surface area (Å²) in [6, 6.07) is -0.827. The van der Waals surface area contributed by atoms with Gasteiger partial charge in [0.05, 0.1) is 25.4 Å². The van der Waals surface area contributed by atoms with E-state index in [4.69, 9.17) is 9.47 Å². The van der Waals surface area contributed by atoms with E-state index in [2.05, 4.69) is 129 Å². The van der Waals surface area contributed by atoms with E-state index in [-0.39, 0.29) is 12.5 Å². The van der Waals surface area contributed by atoms with Gasteiger partial charge in [-0.15, -0.1) is 0 Å². The number of ether oxygens (including phenoxy) is 2. The van der Waals surface area contributed by atoms with E-state index in [9.17, 15) is 30.3 Å². The molecule has 1 aliphatic rings. The molecule has 0 saturated carbocycles. The molecule has 80 heavy (non-hydrogen) atoms. The highest BCUT2D eigenvalue weighted by Gasteiger charge is 2.44. The lowest BCUT2D eigenvalue weighted by Crippen LogP contribution is -2.60. The Morgan fingerprint density at radius 1 is 0.438 bits per heavy atom. The van der Waals surface area contributed by atoms with Gasteiger partial charge >= 0.3 is 0 Å². The van der Waals surface area contributed by atoms with Crippen LogP contribution < -0.4 is 5.32 Å². The second kappa shape index (κ2) is 58.8. The van der Waals surface area contributed by atoms with Crippen LogP contribution in [0.15, 0.2) is 122 Å². The molecule has 7 atom stereocenters. The normalized spacial score (nSPS) is 19.3. The minimum Gasteiger partial charge on any atom is -0.394 e. The molecule has 458 valence electrons. The van der Waals surface area contributed by atoms with Crippen LogP contribution >= 0.6 is 0 Å². The van der Waals surface area contributed by atoms with Gasteiger partial charge in [0, 0.05) is 6.42 Å². The van der Waals surface area contributed by atoms with Crippen LogP contribution in [0.25, 0.3) is 0 Å². The zero-order valence-corrected chi connectivity index (χ0v) is 51.0. The summed E-state index contributed by atoms with van der Waals surface area (Å²) in [4.78, 5) is 13.1. The second-order valence-corrected chi connectivity index (χ2v) is 22.2. The van der Waals surface area contributed by atoms with Crippen LogP contribution in [0, 0.1) is 0 Å². The number of unbranched alkanes of at least 4 members (excludes halogenated alkanes) is 27. The Hall–Kier alpha value is -3.41. The summed E-state index contributed by atoms with van der Waals surface area (Å²) in [5.41, 5.74) is 0. The van der Waals surface area contributed by atoms with Crippen LogP contribution in [0.5, 0.6) is 0 Å². The Labute approximate surface area is 490 Å². The number of aliphatic hydroxyl groups is 5. The lowest BCUT2D eigenvalue weighted by atomic mass is 9.99. The fraction of sp³-hybridized carbons (Fsp3) is 0.704. The van der Waals surface area contributed by atoms with Crippen molar-refractivity contribution in [3.05, 3.63) is 122 Å². The van der Waals surface area contributed by atoms with E-state index in [0.717, 1.165) is 89.9 Å². The average molecular weight is 1120 g/mol. The second-order valence-electron chi connectivity index (χ2n) is 22.2. The molecule has 1 heterocycles. The summed E-state index contributed by atoms with van der Waals surface area (Å²) in [6.07, 6.45) is 81.5. The molecule has 0 spiro atoms. The SMILES string of the molecule is CC/C=C\C/C=C\C/C=C\C/C=C\C/C=C\C/C=C\C/C=C\C/C=C\CCCCCCCCCCCCCCCCCCC(=O)NC(COC1OC(CO)C(O)C(O)C1O)C(O)/C=C/CC/C=C/CCCCCCCCCCCC. The van der Waals surface area contributed by atoms with Crippen molar-refractivity contribution in [2.75, 3.05) is 13.2 Å². The lowest BCUT2D eigenvalue weighted by Gasteiger charge is -2.40. The molecule has 6 N–H and O–H groups in total. The van der Waals surface area contributed by atoms with E-state index in [1.165, 1.54) is 154 Å². The summed E-state index contributed by atoms with van der Waals surface area (Å²) in [7, 11) is 0. The molecule has 0 aliphatic carbocycles. The first-order chi connectivity index (χ1) is 39.3. The summed E-state index contributed by atoms with van der Waals surface area (Å²) in [6.45, 7) is 3.65. The van der Waals surface area contributed by atoms with Crippen molar-refractivity contribution in [1.29, 1.82) is 0 Å². The molecule has 1 saturated heterocycles. The molecule has 0 bridgehead atoms. The highest BCUT2D eigenvalue weighted by Crippen LogP contribution is 2.23. The van der Waals surface area contributed by atoms with E-state index in [0.29, 0.717) is 6.42 Å². The standard InChI is InChI=1S/C71H121NO8/c1-3-5-7-9-11-13-15-17-19-21-22-23-24-25-26-27-28-29-30-31-32-33-34-35-36-37-38-39-40-41-42-43-44-45-47-49-51-53-55-57-59-61-67(75)72-64(63-79-71-70(78)69(77)68(76)66(62-73)80-71)65(74)60-58-56-54-52-50-48-46-20-18-16-14-12-10-8-6-4-2/h5,7,11,13,17,19,22-23,25-26,28-29,31-32,34-35,50,52,58,60,64-66,68-71,73-74,76-78H,3-4,6,8-10,12,14-16,18,20-21,24,27,30,33,36-49,51,53-57,59,61-63H2,1-2H3,(H,72,75)/b7-5-,13-11-,19-17-,23-22-,26-25-,29-28-,32-31-,35-34-,52-50+,60-58+. The van der Waals surface area contributed by atoms with Gasteiger partial charge < -0.3 is 40.3 Å². The van der Waals surface area contributed by atoms with Gasteiger partial charge in [-0.05, 0) is 96.3 Å². The van der Waals surface area contributed by atoms with Crippen molar-refractivity contribution in [1.82, 2.24) is 5.32 Å². The molecule has 0 radical (unpaired) electrons. The third-order valence-electron chi connectivity index (χ3n) is 14.8. The number of rotatable bonds is 55. The van der Waals surface area contributed by atoms with Crippen LogP contribution in [-0.2, 0) is 14.3 Å². The number of carbonyl (C=O) groups excluding carboxylic acids is 1. The van der Waals surface area contributed by atoms with Gasteiger partial charge in [-0.2, -0.15) is 0 Å². The molecule has 1 aliphatic heterocycles. The number of carbonyl (C=O) groups is 1. The number of allylic oxidation sites excluding steroid dienone is 19. The highest BCUT2D eigenvalue weighted by molar-refractivity contribution is 5.76. The maximum atomic E-state index is 13.1. The molecule has 9 nitrogen and oxygen atoms in total. The summed E-state index contributed by atoms with van der Waals surface area (Å²) < 4.78 is 11.3. The van der Waals surface area contributed by atoms with Crippen LogP contribution in [0.1, 0.15) is 264 Å². The molecule has 9 heteroatoms. The van der Waals surface area contributed by atoms with E-state index in [1.807, 2.05) is 6.08 Å². The largest absolute Gasteiger partial charge is 0.394 e. The van der Waals surface area contributed by atoms with Crippen molar-refractivity contribution in [2.45, 2.75) is 307 Å². The smallest absolute Gasteiger partial charge is 0.220 e. The predicted octanol–water partition coefficient (Wildman–Crippen LogP) is 17.5. The van der Waals surface area contributed by atoms with Gasteiger partial charge in [0.15, 0.2) is 6.29 Å². The molecular formula is C71H121NO8. The third kappa shape index (κ3) is 47.1. The van der Waals surface area contributed by atoms with Crippen molar-refractivity contribution in [3.8, 4) is 0 Å². The summed E-state index contributed by atoms with van der Waals surface area (Å²) >= 11 is 0. The van der Waals surface area contributed by atoms with Crippen LogP contribution in [-0.4, -0.2) is 87.5 Å². The van der Waals surface area contributed by atoms with Crippen LogP contribution in [0.2, 0.25) is 0 Å². The number of hydrogen-bond donors (Lipinski definition) is 6. The monoisotopic (exact) mass is 1120 g/mol. The highest BCUT2D eigenvalue weighted by atomic mass is 16.7. The molecule has 0 aromatic rings. The molecule has 0 aromatic carbocycles. The Bertz CT molecular complexity index is 1670. The quantitative estimate of drug-likeness (QED) is 0.0261. The fourth-order valence-corrected chi connectivity index (χ4v) is 9.66. The van der Waals surface area contributed by atoms with E-state index in [1.54, 1.807) is 6.08 Å². The zero-order chi connectivity index (χ0) is 57.9. The van der Waals surface area contributed by atoms with Gasteiger partial charge in [0.1, 0.15) is 24.4 Å². The van der Waals surface area contributed by atoms with E-state index < -0.39 is 49.5 Å². The Kier molecular flexibility index (Phi) is 54.8. The molecule has 1 fully saturated rings. The van der Waals surface area contributed by atoms with Crippen molar-refractivity contribution in [2.24, 2.45) is 0 Å². The molecule has 1 amide bonds. The molecule has 1 rings (SSSR count). The molecule has 0 aromatic heterocycles. The minimum absolute atomic E-state index is 0.189. The first kappa shape index (κ1) is 74.6. The zero-order valence-electron chi connectivity index (χ0n) is 51.0. The van der Waals surface area contributed by atoms with Crippen LogP contribution in [0.4, 0.5) is 0 Å². The Morgan fingerprint density at radius 3 is 1.20 bits per heavy atom. The maximum Gasteiger partial charge on any atom is 0.220 e. The number of aliphatic hydroxyl groups excluding tert-OH is 5. The average Bonchev–Trinajstić information content (AvgIpc) is 3.46. The van der Waals surface area contributed by atoms with Crippen molar-refractivity contribution >= 4 is 5.91 Å². The third-order valence-corrected chi connectivity index (χ3v) is 14.8. The van der Waals surface area contributed by atoms with Gasteiger partial charge in [0.2, 0.25) is 5.91 Å². The Morgan fingerprint density at radius 2 is 0.787 bits per heavy atom. The summed E-state index contributed by atoms with van der Waals surface area (Å²) in [5, 5.41) is 54.5. The number of amides is 1. The lowest BCUT2D eigenvalue weighted by molar-refractivity contribution is -0.302. The Balaban J connectivity index is 2.10. The van der Waals surface area contributed by atoms with Gasteiger partial charge in [-0.1, -0.05) is 283 Å². The minimum atomic E-state index is -1.58. The van der Waals surface area contributed by atoms with Crippen LogP contribution in [0.3, 0.4) is 0 Å². The topological polar surface area (TPSA) is 149 Å². The van der Waals surface area contributed by atoms with Gasteiger partial charge in [-0.25, -0.2) is 0 Å². The first-order valence-corrected chi connectivity index (χ1v) is 32.8. The number of nitrogens with one attached hydrogen (secondary N) is 1.